The van der Waals surface area contributed by atoms with Gasteiger partial charge < -0.3 is 26.0 Å². The molecular formula is C31H27N9O5. The lowest BCUT2D eigenvalue weighted by Crippen LogP contribution is -2.43. The SMILES string of the molecule is Cc1c(-c2ncn[nH]2)ccc2c1CC[C@@H]2NC(=O)c1cc(C(=O)NCc2ccc3c(c2)N(c2c(N)c(=O)c2=O)CCO3)ncn1. The van der Waals surface area contributed by atoms with Gasteiger partial charge in [0, 0.05) is 18.2 Å². The Kier molecular flexibility index (Phi) is 6.80. The van der Waals surface area contributed by atoms with Crippen LogP contribution in [0.5, 0.6) is 5.75 Å². The first-order valence-electron chi connectivity index (χ1n) is 14.3. The van der Waals surface area contributed by atoms with Crippen molar-refractivity contribution in [1.82, 2.24) is 35.8 Å². The third-order valence-corrected chi connectivity index (χ3v) is 8.33. The first kappa shape index (κ1) is 27.9. The smallest absolute Gasteiger partial charge is 0.270 e. The van der Waals surface area contributed by atoms with Gasteiger partial charge in [-0.2, -0.15) is 5.10 Å². The van der Waals surface area contributed by atoms with E-state index in [4.69, 9.17) is 10.5 Å². The molecule has 14 heteroatoms. The summed E-state index contributed by atoms with van der Waals surface area (Å²) in [5.41, 5.74) is 10.2. The van der Waals surface area contributed by atoms with Crippen LogP contribution in [0.1, 0.15) is 55.7 Å². The zero-order chi connectivity index (χ0) is 31.2. The lowest BCUT2D eigenvalue weighted by Gasteiger charge is -2.32. The van der Waals surface area contributed by atoms with Gasteiger partial charge in [0.25, 0.3) is 22.7 Å². The third-order valence-electron chi connectivity index (χ3n) is 8.33. The second kappa shape index (κ2) is 11.0. The number of hydrogen-bond acceptors (Lipinski definition) is 11. The Hall–Kier alpha value is -5.92. The molecule has 2 aliphatic rings. The zero-order valence-electron chi connectivity index (χ0n) is 24.1. The van der Waals surface area contributed by atoms with Gasteiger partial charge in [-0.15, -0.1) is 0 Å². The lowest BCUT2D eigenvalue weighted by atomic mass is 9.97. The fourth-order valence-corrected chi connectivity index (χ4v) is 6.00. The summed E-state index contributed by atoms with van der Waals surface area (Å²) in [7, 11) is 0. The zero-order valence-corrected chi connectivity index (χ0v) is 24.1. The van der Waals surface area contributed by atoms with Crippen molar-refractivity contribution < 1.29 is 14.3 Å². The number of hydrogen-bond donors (Lipinski definition) is 4. The maximum atomic E-state index is 13.2. The molecule has 45 heavy (non-hydrogen) atoms. The average molecular weight is 606 g/mol. The van der Waals surface area contributed by atoms with Gasteiger partial charge in [0.15, 0.2) is 5.82 Å². The molecule has 3 heterocycles. The number of rotatable bonds is 7. The molecule has 2 amide bonds. The van der Waals surface area contributed by atoms with Crippen LogP contribution in [-0.2, 0) is 13.0 Å². The molecule has 0 saturated carbocycles. The Labute approximate surface area is 255 Å². The minimum atomic E-state index is -0.694. The number of fused-ring (bicyclic) bond motifs is 2. The Morgan fingerprint density at radius 3 is 2.64 bits per heavy atom. The second-order valence-corrected chi connectivity index (χ2v) is 10.9. The largest absolute Gasteiger partial charge is 0.490 e. The number of ether oxygens (including phenoxy) is 1. The van der Waals surface area contributed by atoms with Crippen LogP contribution in [0.15, 0.2) is 58.6 Å². The van der Waals surface area contributed by atoms with E-state index in [-0.39, 0.29) is 35.3 Å². The van der Waals surface area contributed by atoms with Gasteiger partial charge in [-0.25, -0.2) is 15.0 Å². The molecule has 2 aromatic heterocycles. The highest BCUT2D eigenvalue weighted by atomic mass is 16.5. The molecular weight excluding hydrogens is 578 g/mol. The number of aromatic nitrogens is 5. The molecule has 5 aromatic rings. The van der Waals surface area contributed by atoms with E-state index in [1.165, 1.54) is 24.3 Å². The van der Waals surface area contributed by atoms with E-state index in [2.05, 4.69) is 35.8 Å². The molecule has 0 fully saturated rings. The summed E-state index contributed by atoms with van der Waals surface area (Å²) in [6, 6.07) is 10.4. The molecule has 0 spiro atoms. The summed E-state index contributed by atoms with van der Waals surface area (Å²) in [6.07, 6.45) is 4.19. The van der Waals surface area contributed by atoms with Crippen LogP contribution < -0.4 is 36.9 Å². The number of benzene rings is 2. The minimum Gasteiger partial charge on any atom is -0.490 e. The molecule has 226 valence electrons. The van der Waals surface area contributed by atoms with Crippen LogP contribution >= 0.6 is 0 Å². The number of aromatic amines is 1. The van der Waals surface area contributed by atoms with Crippen LogP contribution in [-0.4, -0.2) is 50.1 Å². The van der Waals surface area contributed by atoms with Gasteiger partial charge in [0.05, 0.1) is 18.3 Å². The molecule has 3 aromatic carbocycles. The number of nitrogens with two attached hydrogens (primary N) is 1. The predicted molar refractivity (Wildman–Crippen MR) is 163 cm³/mol. The summed E-state index contributed by atoms with van der Waals surface area (Å²) >= 11 is 0. The van der Waals surface area contributed by atoms with Crippen LogP contribution in [0.2, 0.25) is 0 Å². The highest BCUT2D eigenvalue weighted by Crippen LogP contribution is 2.38. The number of carbonyl (C=O) groups is 2. The van der Waals surface area contributed by atoms with E-state index >= 15 is 0 Å². The molecule has 0 radical (unpaired) electrons. The highest BCUT2D eigenvalue weighted by Gasteiger charge is 2.30. The minimum absolute atomic E-state index is 0.0361. The predicted octanol–water partition coefficient (Wildman–Crippen LogP) is 1.63. The van der Waals surface area contributed by atoms with Crippen molar-refractivity contribution in [3.05, 3.63) is 103 Å². The number of carbonyl (C=O) groups excluding carboxylic acids is 2. The van der Waals surface area contributed by atoms with Gasteiger partial charge in [-0.1, -0.05) is 18.2 Å². The van der Waals surface area contributed by atoms with Crippen molar-refractivity contribution in [1.29, 1.82) is 0 Å². The van der Waals surface area contributed by atoms with E-state index in [0.717, 1.165) is 29.5 Å². The highest BCUT2D eigenvalue weighted by molar-refractivity contribution is 5.97. The summed E-state index contributed by atoms with van der Waals surface area (Å²) < 4.78 is 5.70. The Morgan fingerprint density at radius 1 is 1.04 bits per heavy atom. The molecule has 7 rings (SSSR count). The number of nitrogens with one attached hydrogen (secondary N) is 3. The number of amides is 2. The Morgan fingerprint density at radius 2 is 1.87 bits per heavy atom. The normalized spacial score (nSPS) is 15.3. The number of H-pyrrole nitrogens is 1. The summed E-state index contributed by atoms with van der Waals surface area (Å²) in [4.78, 5) is 64.1. The maximum absolute atomic E-state index is 13.2. The van der Waals surface area contributed by atoms with E-state index in [0.29, 0.717) is 36.0 Å². The fraction of sp³-hybridized carbons (Fsp3) is 0.226. The molecule has 5 N–H and O–H groups in total. The number of nitrogen functional groups attached to an aromatic ring is 1. The monoisotopic (exact) mass is 605 g/mol. The van der Waals surface area contributed by atoms with Gasteiger partial charge in [-0.05, 0) is 54.2 Å². The third kappa shape index (κ3) is 4.85. The molecule has 1 aliphatic heterocycles. The van der Waals surface area contributed by atoms with Crippen LogP contribution in [0, 0.1) is 6.92 Å². The van der Waals surface area contributed by atoms with Gasteiger partial charge in [-0.3, -0.25) is 24.3 Å². The van der Waals surface area contributed by atoms with Crippen molar-refractivity contribution in [2.45, 2.75) is 32.4 Å². The van der Waals surface area contributed by atoms with E-state index < -0.39 is 22.7 Å². The molecule has 1 atom stereocenters. The number of nitrogens with zero attached hydrogens (tertiary/aromatic N) is 5. The van der Waals surface area contributed by atoms with Crippen molar-refractivity contribution in [2.24, 2.45) is 0 Å². The average Bonchev–Trinajstić information content (AvgIpc) is 3.75. The maximum Gasteiger partial charge on any atom is 0.270 e. The molecule has 0 saturated heterocycles. The molecule has 14 nitrogen and oxygen atoms in total. The van der Waals surface area contributed by atoms with Crippen molar-refractivity contribution in [3.63, 3.8) is 0 Å². The van der Waals surface area contributed by atoms with Crippen LogP contribution in [0.3, 0.4) is 0 Å². The van der Waals surface area contributed by atoms with Gasteiger partial charge in [0.2, 0.25) is 0 Å². The van der Waals surface area contributed by atoms with Crippen molar-refractivity contribution >= 4 is 28.9 Å². The Bertz CT molecular complexity index is 2050. The quantitative estimate of drug-likeness (QED) is 0.197. The fourth-order valence-electron chi connectivity index (χ4n) is 6.00. The van der Waals surface area contributed by atoms with Crippen molar-refractivity contribution in [2.75, 3.05) is 23.8 Å². The standard InChI is InChI=1S/C31H27N9O5/c1-15-17-5-6-20(19(17)4-3-18(15)29-36-14-37-39-29)38-31(44)22-11-21(34-13-35-22)30(43)33-12-16-2-7-24-23(10-16)40(8-9-45-24)26-25(32)27(41)28(26)42/h2-4,7,10-11,13-14,20H,5-6,8-9,12,32H2,1H3,(H,33,43)(H,38,44)(H,36,37,39)/t20-/m0/s1. The molecule has 1 aliphatic carbocycles. The van der Waals surface area contributed by atoms with Crippen LogP contribution in [0.4, 0.5) is 17.1 Å². The first-order valence-corrected chi connectivity index (χ1v) is 14.3. The molecule has 0 bridgehead atoms. The topological polar surface area (TPSA) is 198 Å². The number of anilines is 3. The summed E-state index contributed by atoms with van der Waals surface area (Å²) in [5.74, 6) is 0.327. The summed E-state index contributed by atoms with van der Waals surface area (Å²) in [5, 5.41) is 12.7. The van der Waals surface area contributed by atoms with Gasteiger partial charge >= 0.3 is 0 Å². The van der Waals surface area contributed by atoms with Crippen molar-refractivity contribution in [3.8, 4) is 17.1 Å². The Balaban J connectivity index is 1.02. The second-order valence-electron chi connectivity index (χ2n) is 10.9. The van der Waals surface area contributed by atoms with Crippen LogP contribution in [0.25, 0.3) is 11.4 Å². The van der Waals surface area contributed by atoms with Gasteiger partial charge in [0.1, 0.15) is 47.8 Å². The van der Waals surface area contributed by atoms with E-state index in [1.807, 2.05) is 19.1 Å². The summed E-state index contributed by atoms with van der Waals surface area (Å²) in [6.45, 7) is 2.83. The van der Waals surface area contributed by atoms with E-state index in [9.17, 15) is 19.2 Å². The van der Waals surface area contributed by atoms with E-state index in [1.54, 1.807) is 23.1 Å². The molecule has 0 unspecified atom stereocenters. The first-order chi connectivity index (χ1) is 21.8. The lowest BCUT2D eigenvalue weighted by molar-refractivity contribution is 0.0931.